The van der Waals surface area contributed by atoms with E-state index in [1.54, 1.807) is 17.7 Å². The minimum Gasteiger partial charge on any atom is -0.370 e. The van der Waals surface area contributed by atoms with Gasteiger partial charge in [0.1, 0.15) is 18.0 Å². The van der Waals surface area contributed by atoms with Crippen LogP contribution in [0.4, 0.5) is 11.6 Å². The van der Waals surface area contributed by atoms with Crippen molar-refractivity contribution in [2.75, 3.05) is 17.2 Å². The summed E-state index contributed by atoms with van der Waals surface area (Å²) in [7, 11) is 0. The lowest BCUT2D eigenvalue weighted by molar-refractivity contribution is 0.963. The fourth-order valence-corrected chi connectivity index (χ4v) is 2.85. The summed E-state index contributed by atoms with van der Waals surface area (Å²) >= 11 is 5.17. The Balaban J connectivity index is 1.92. The van der Waals surface area contributed by atoms with Crippen LogP contribution in [0.2, 0.25) is 0 Å². The lowest BCUT2D eigenvalue weighted by atomic mass is 10.4. The second-order valence-electron chi connectivity index (χ2n) is 3.77. The highest BCUT2D eigenvalue weighted by Crippen LogP contribution is 2.22. The lowest BCUT2D eigenvalue weighted by Gasteiger charge is -2.07. The van der Waals surface area contributed by atoms with E-state index in [2.05, 4.69) is 55.6 Å². The van der Waals surface area contributed by atoms with Gasteiger partial charge in [-0.15, -0.1) is 11.3 Å². The van der Waals surface area contributed by atoms with Crippen molar-refractivity contribution in [3.8, 4) is 0 Å². The molecule has 0 saturated carbocycles. The van der Waals surface area contributed by atoms with Crippen molar-refractivity contribution in [2.24, 2.45) is 0 Å². The minimum atomic E-state index is 0.778. The van der Waals surface area contributed by atoms with Crippen LogP contribution in [-0.2, 0) is 6.54 Å². The number of hydrogen-bond acceptors (Lipinski definition) is 5. The maximum absolute atomic E-state index is 4.20. The van der Waals surface area contributed by atoms with Gasteiger partial charge in [0.05, 0.1) is 10.3 Å². The highest BCUT2D eigenvalue weighted by Gasteiger charge is 2.00. The van der Waals surface area contributed by atoms with Crippen LogP contribution >= 0.6 is 27.3 Å². The first-order valence-electron chi connectivity index (χ1n) is 5.82. The van der Waals surface area contributed by atoms with Gasteiger partial charge in [0.2, 0.25) is 0 Å². The summed E-state index contributed by atoms with van der Waals surface area (Å²) < 4.78 is 1.15. The van der Waals surface area contributed by atoms with E-state index in [0.29, 0.717) is 0 Å². The molecule has 0 aliphatic heterocycles. The van der Waals surface area contributed by atoms with Gasteiger partial charge >= 0.3 is 0 Å². The van der Waals surface area contributed by atoms with Crippen LogP contribution in [0.25, 0.3) is 0 Å². The standard InChI is InChI=1S/C12H15BrN4S/c1-2-5-14-11-6-12(17-8-16-11)15-7-9-3-4-10(13)18-9/h3-4,6,8H,2,5,7H2,1H3,(H2,14,15,16,17). The smallest absolute Gasteiger partial charge is 0.131 e. The zero-order valence-corrected chi connectivity index (χ0v) is 12.5. The van der Waals surface area contributed by atoms with Crippen LogP contribution in [0.15, 0.2) is 28.3 Å². The number of aromatic nitrogens is 2. The number of nitrogens with zero attached hydrogens (tertiary/aromatic N) is 2. The molecule has 6 heteroatoms. The topological polar surface area (TPSA) is 49.8 Å². The Morgan fingerprint density at radius 3 is 2.67 bits per heavy atom. The van der Waals surface area contributed by atoms with Crippen molar-refractivity contribution in [1.82, 2.24) is 9.97 Å². The van der Waals surface area contributed by atoms with E-state index < -0.39 is 0 Å². The van der Waals surface area contributed by atoms with Crippen molar-refractivity contribution in [1.29, 1.82) is 0 Å². The van der Waals surface area contributed by atoms with Crippen molar-refractivity contribution in [3.63, 3.8) is 0 Å². The predicted octanol–water partition coefficient (Wildman–Crippen LogP) is 3.73. The average Bonchev–Trinajstić information content (AvgIpc) is 2.80. The van der Waals surface area contributed by atoms with Gasteiger partial charge < -0.3 is 10.6 Å². The minimum absolute atomic E-state index is 0.778. The molecule has 0 aliphatic carbocycles. The summed E-state index contributed by atoms with van der Waals surface area (Å²) in [6.07, 6.45) is 2.65. The molecule has 96 valence electrons. The maximum atomic E-state index is 4.20. The quantitative estimate of drug-likeness (QED) is 0.849. The third-order valence-corrected chi connectivity index (χ3v) is 3.92. The Bertz CT molecular complexity index is 500. The zero-order valence-electron chi connectivity index (χ0n) is 10.1. The van der Waals surface area contributed by atoms with Gasteiger partial charge in [0.25, 0.3) is 0 Å². The van der Waals surface area contributed by atoms with Gasteiger partial charge in [-0.2, -0.15) is 0 Å². The molecule has 2 aromatic heterocycles. The molecule has 0 amide bonds. The fraction of sp³-hybridized carbons (Fsp3) is 0.333. The van der Waals surface area contributed by atoms with Crippen LogP contribution in [-0.4, -0.2) is 16.5 Å². The number of hydrogen-bond donors (Lipinski definition) is 2. The van der Waals surface area contributed by atoms with Crippen molar-refractivity contribution in [3.05, 3.63) is 33.2 Å². The van der Waals surface area contributed by atoms with E-state index in [1.807, 2.05) is 6.07 Å². The number of halogens is 1. The van der Waals surface area contributed by atoms with Crippen LogP contribution in [0, 0.1) is 0 Å². The number of thiophene rings is 1. The van der Waals surface area contributed by atoms with Gasteiger partial charge in [-0.1, -0.05) is 6.92 Å². The first kappa shape index (κ1) is 13.3. The highest BCUT2D eigenvalue weighted by atomic mass is 79.9. The summed E-state index contributed by atoms with van der Waals surface area (Å²) in [6, 6.07) is 6.08. The Morgan fingerprint density at radius 1 is 1.22 bits per heavy atom. The molecule has 0 radical (unpaired) electrons. The highest BCUT2D eigenvalue weighted by molar-refractivity contribution is 9.11. The van der Waals surface area contributed by atoms with E-state index in [4.69, 9.17) is 0 Å². The van der Waals surface area contributed by atoms with E-state index in [-0.39, 0.29) is 0 Å². The molecule has 2 N–H and O–H groups in total. The second kappa shape index (κ2) is 6.70. The van der Waals surface area contributed by atoms with Crippen LogP contribution in [0.1, 0.15) is 18.2 Å². The van der Waals surface area contributed by atoms with Gasteiger partial charge in [0, 0.05) is 17.5 Å². The van der Waals surface area contributed by atoms with Crippen molar-refractivity contribution in [2.45, 2.75) is 19.9 Å². The molecule has 0 atom stereocenters. The molecule has 2 rings (SSSR count). The monoisotopic (exact) mass is 326 g/mol. The van der Waals surface area contributed by atoms with E-state index >= 15 is 0 Å². The second-order valence-corrected chi connectivity index (χ2v) is 6.32. The molecular weight excluding hydrogens is 312 g/mol. The fourth-order valence-electron chi connectivity index (χ4n) is 1.43. The lowest BCUT2D eigenvalue weighted by Crippen LogP contribution is -2.05. The molecule has 2 aromatic rings. The number of anilines is 2. The van der Waals surface area contributed by atoms with Gasteiger partial charge in [-0.25, -0.2) is 9.97 Å². The van der Waals surface area contributed by atoms with Crippen LogP contribution in [0.5, 0.6) is 0 Å². The van der Waals surface area contributed by atoms with Gasteiger partial charge in [0.15, 0.2) is 0 Å². The van der Waals surface area contributed by atoms with E-state index in [1.165, 1.54) is 4.88 Å². The normalized spacial score (nSPS) is 10.3. The zero-order chi connectivity index (χ0) is 12.8. The Kier molecular flexibility index (Phi) is 4.95. The molecule has 0 unspecified atom stereocenters. The van der Waals surface area contributed by atoms with Gasteiger partial charge in [-0.05, 0) is 34.5 Å². The van der Waals surface area contributed by atoms with Gasteiger partial charge in [-0.3, -0.25) is 0 Å². The first-order chi connectivity index (χ1) is 8.78. The molecule has 4 nitrogen and oxygen atoms in total. The molecular formula is C12H15BrN4S. The Labute approximate surface area is 119 Å². The summed E-state index contributed by atoms with van der Waals surface area (Å²) in [5, 5.41) is 6.53. The predicted molar refractivity (Wildman–Crippen MR) is 80.2 cm³/mol. The van der Waals surface area contributed by atoms with E-state index in [9.17, 15) is 0 Å². The first-order valence-corrected chi connectivity index (χ1v) is 7.43. The van der Waals surface area contributed by atoms with Crippen molar-refractivity contribution >= 4 is 38.9 Å². The van der Waals surface area contributed by atoms with Crippen LogP contribution in [0.3, 0.4) is 0 Å². The molecule has 0 aliphatic rings. The number of rotatable bonds is 6. The summed E-state index contributed by atoms with van der Waals surface area (Å²) in [5.41, 5.74) is 0. The summed E-state index contributed by atoms with van der Waals surface area (Å²) in [5.74, 6) is 1.70. The van der Waals surface area contributed by atoms with Crippen LogP contribution < -0.4 is 10.6 Å². The SMILES string of the molecule is CCCNc1cc(NCc2ccc(Br)s2)ncn1. The largest absolute Gasteiger partial charge is 0.370 e. The number of nitrogens with one attached hydrogen (secondary N) is 2. The van der Waals surface area contributed by atoms with Crippen molar-refractivity contribution < 1.29 is 0 Å². The Hall–Kier alpha value is -1.14. The molecule has 0 fully saturated rings. The Morgan fingerprint density at radius 2 is 2.00 bits per heavy atom. The molecule has 2 heterocycles. The van der Waals surface area contributed by atoms with E-state index in [0.717, 1.165) is 34.9 Å². The molecule has 18 heavy (non-hydrogen) atoms. The molecule has 0 bridgehead atoms. The maximum Gasteiger partial charge on any atom is 0.131 e. The third kappa shape index (κ3) is 3.96. The molecule has 0 saturated heterocycles. The molecule has 0 aromatic carbocycles. The summed E-state index contributed by atoms with van der Waals surface area (Å²) in [4.78, 5) is 9.64. The average molecular weight is 327 g/mol. The summed E-state index contributed by atoms with van der Waals surface area (Å²) in [6.45, 7) is 3.83. The third-order valence-electron chi connectivity index (χ3n) is 2.30. The molecule has 0 spiro atoms.